The highest BCUT2D eigenvalue weighted by Crippen LogP contribution is 2.11. The minimum atomic E-state index is 0.504. The van der Waals surface area contributed by atoms with Crippen LogP contribution in [0, 0.1) is 0 Å². The summed E-state index contributed by atoms with van der Waals surface area (Å²) in [5, 5.41) is 0. The van der Waals surface area contributed by atoms with Gasteiger partial charge >= 0.3 is 0 Å². The Hall–Kier alpha value is -0.730. The zero-order valence-corrected chi connectivity index (χ0v) is 14.4. The van der Waals surface area contributed by atoms with Gasteiger partial charge in [0.1, 0.15) is 6.61 Å². The van der Waals surface area contributed by atoms with Crippen LogP contribution in [0.1, 0.15) is 12.8 Å². The van der Waals surface area contributed by atoms with Crippen molar-refractivity contribution in [1.29, 1.82) is 0 Å². The second kappa shape index (κ2) is 13.9. The van der Waals surface area contributed by atoms with Crippen molar-refractivity contribution >= 4 is 15.9 Å². The largest absolute Gasteiger partial charge is 0.475 e. The minimum absolute atomic E-state index is 0.504. The van der Waals surface area contributed by atoms with Crippen LogP contribution in [0.3, 0.4) is 0 Å². The quantitative estimate of drug-likeness (QED) is 0.500. The Morgan fingerprint density at radius 3 is 2.09 bits per heavy atom. The first-order valence-electron chi connectivity index (χ1n) is 7.50. The highest BCUT2D eigenvalue weighted by atomic mass is 79.9. The average Bonchev–Trinajstić information content (AvgIpc) is 2.53. The summed E-state index contributed by atoms with van der Waals surface area (Å²) in [5.74, 6) is 0.608. The summed E-state index contributed by atoms with van der Waals surface area (Å²) in [6, 6.07) is 3.71. The fourth-order valence-electron chi connectivity index (χ4n) is 1.57. The topological polar surface area (TPSA) is 75.8 Å². The summed E-state index contributed by atoms with van der Waals surface area (Å²) >= 11 is 3.32. The summed E-state index contributed by atoms with van der Waals surface area (Å²) in [7, 11) is 0. The first kappa shape index (κ1) is 19.3. The summed E-state index contributed by atoms with van der Waals surface area (Å²) in [4.78, 5) is 4.11. The first-order chi connectivity index (χ1) is 10.8. The SMILES string of the molecule is NCCOCCOCCCCOCCOc1ccc(Br)cn1. The molecule has 1 heterocycles. The third-order valence-electron chi connectivity index (χ3n) is 2.64. The van der Waals surface area contributed by atoms with E-state index in [1.54, 1.807) is 6.20 Å². The zero-order valence-electron chi connectivity index (χ0n) is 12.8. The smallest absolute Gasteiger partial charge is 0.213 e. The van der Waals surface area contributed by atoms with Gasteiger partial charge in [-0.15, -0.1) is 0 Å². The molecule has 0 atom stereocenters. The number of rotatable bonds is 14. The lowest BCUT2D eigenvalue weighted by Gasteiger charge is -2.07. The molecule has 2 N–H and O–H groups in total. The third-order valence-corrected chi connectivity index (χ3v) is 3.11. The Morgan fingerprint density at radius 1 is 0.864 bits per heavy atom. The van der Waals surface area contributed by atoms with Gasteiger partial charge in [0.25, 0.3) is 0 Å². The predicted molar refractivity (Wildman–Crippen MR) is 88.2 cm³/mol. The fraction of sp³-hybridized carbons (Fsp3) is 0.667. The number of hydrogen-bond acceptors (Lipinski definition) is 6. The molecule has 0 spiro atoms. The van der Waals surface area contributed by atoms with E-state index in [1.165, 1.54) is 0 Å². The van der Waals surface area contributed by atoms with Gasteiger partial charge in [0.15, 0.2) is 0 Å². The van der Waals surface area contributed by atoms with E-state index < -0.39 is 0 Å². The van der Waals surface area contributed by atoms with E-state index in [2.05, 4.69) is 20.9 Å². The lowest BCUT2D eigenvalue weighted by atomic mass is 10.3. The number of halogens is 1. The molecule has 1 rings (SSSR count). The molecule has 0 amide bonds. The van der Waals surface area contributed by atoms with Crippen LogP contribution in [0.15, 0.2) is 22.8 Å². The Bertz CT molecular complexity index is 365. The normalized spacial score (nSPS) is 10.8. The molecule has 0 unspecified atom stereocenters. The molecule has 7 heteroatoms. The molecule has 126 valence electrons. The first-order valence-corrected chi connectivity index (χ1v) is 8.30. The van der Waals surface area contributed by atoms with Crippen molar-refractivity contribution in [3.63, 3.8) is 0 Å². The minimum Gasteiger partial charge on any atom is -0.475 e. The summed E-state index contributed by atoms with van der Waals surface area (Å²) in [6.45, 7) is 4.88. The Kier molecular flexibility index (Phi) is 12.2. The molecule has 0 saturated heterocycles. The van der Waals surface area contributed by atoms with Crippen molar-refractivity contribution in [1.82, 2.24) is 4.98 Å². The molecule has 0 aliphatic heterocycles. The molecular weight excluding hydrogens is 352 g/mol. The fourth-order valence-corrected chi connectivity index (χ4v) is 1.80. The lowest BCUT2D eigenvalue weighted by molar-refractivity contribution is 0.0443. The molecule has 1 aromatic rings. The van der Waals surface area contributed by atoms with E-state index in [4.69, 9.17) is 24.7 Å². The molecule has 0 aromatic carbocycles. The molecule has 1 aromatic heterocycles. The Labute approximate surface area is 140 Å². The summed E-state index contributed by atoms with van der Waals surface area (Å²) < 4.78 is 22.5. The molecule has 22 heavy (non-hydrogen) atoms. The lowest BCUT2D eigenvalue weighted by Crippen LogP contribution is -2.12. The van der Waals surface area contributed by atoms with Gasteiger partial charge in [-0.1, -0.05) is 0 Å². The van der Waals surface area contributed by atoms with Crippen molar-refractivity contribution < 1.29 is 18.9 Å². The number of ether oxygens (including phenoxy) is 4. The molecular formula is C15H25BrN2O4. The molecule has 0 fully saturated rings. The number of hydrogen-bond donors (Lipinski definition) is 1. The highest BCUT2D eigenvalue weighted by Gasteiger charge is 1.96. The molecule has 0 radical (unpaired) electrons. The van der Waals surface area contributed by atoms with Gasteiger partial charge in [0, 0.05) is 36.5 Å². The summed E-state index contributed by atoms with van der Waals surface area (Å²) in [6.07, 6.45) is 3.66. The van der Waals surface area contributed by atoms with Crippen LogP contribution in [0.25, 0.3) is 0 Å². The highest BCUT2D eigenvalue weighted by molar-refractivity contribution is 9.10. The maximum Gasteiger partial charge on any atom is 0.213 e. The van der Waals surface area contributed by atoms with Crippen LogP contribution in [-0.4, -0.2) is 57.8 Å². The van der Waals surface area contributed by atoms with Crippen LogP contribution in [0.5, 0.6) is 5.88 Å². The van der Waals surface area contributed by atoms with Gasteiger partial charge < -0.3 is 24.7 Å². The van der Waals surface area contributed by atoms with Crippen molar-refractivity contribution in [2.75, 3.05) is 52.8 Å². The number of nitrogens with two attached hydrogens (primary N) is 1. The van der Waals surface area contributed by atoms with E-state index in [0.717, 1.165) is 23.9 Å². The number of unbranched alkanes of at least 4 members (excludes halogenated alkanes) is 1. The molecule has 0 aliphatic carbocycles. The second-order valence-corrected chi connectivity index (χ2v) is 5.41. The van der Waals surface area contributed by atoms with E-state index in [0.29, 0.717) is 52.1 Å². The average molecular weight is 377 g/mol. The van der Waals surface area contributed by atoms with Crippen molar-refractivity contribution in [2.24, 2.45) is 5.73 Å². The maximum atomic E-state index is 5.48. The molecule has 0 saturated carbocycles. The van der Waals surface area contributed by atoms with Gasteiger partial charge in [0.05, 0.1) is 26.4 Å². The zero-order chi connectivity index (χ0) is 15.9. The second-order valence-electron chi connectivity index (χ2n) is 4.50. The Morgan fingerprint density at radius 2 is 1.50 bits per heavy atom. The predicted octanol–water partition coefficient (Wildman–Crippen LogP) is 2.01. The Balaban J connectivity index is 1.79. The van der Waals surface area contributed by atoms with Crippen LogP contribution in [-0.2, 0) is 14.2 Å². The van der Waals surface area contributed by atoms with Crippen molar-refractivity contribution in [3.8, 4) is 5.88 Å². The van der Waals surface area contributed by atoms with E-state index in [-0.39, 0.29) is 0 Å². The van der Waals surface area contributed by atoms with Crippen molar-refractivity contribution in [2.45, 2.75) is 12.8 Å². The third kappa shape index (κ3) is 10.9. The van der Waals surface area contributed by atoms with Gasteiger partial charge in [-0.2, -0.15) is 0 Å². The molecule has 0 aliphatic rings. The number of nitrogens with zero attached hydrogens (tertiary/aromatic N) is 1. The maximum absolute atomic E-state index is 5.48. The van der Waals surface area contributed by atoms with Crippen molar-refractivity contribution in [3.05, 3.63) is 22.8 Å². The van der Waals surface area contributed by atoms with Crippen LogP contribution in [0.2, 0.25) is 0 Å². The van der Waals surface area contributed by atoms with Crippen LogP contribution >= 0.6 is 15.9 Å². The van der Waals surface area contributed by atoms with Gasteiger partial charge in [-0.3, -0.25) is 0 Å². The summed E-state index contributed by atoms with van der Waals surface area (Å²) in [5.41, 5.74) is 5.30. The van der Waals surface area contributed by atoms with Gasteiger partial charge in [-0.05, 0) is 34.8 Å². The monoisotopic (exact) mass is 376 g/mol. The standard InChI is InChI=1S/C15H25BrN2O4/c16-14-3-4-15(18-13-14)22-12-11-20-7-2-1-6-19-9-10-21-8-5-17/h3-4,13H,1-2,5-12,17H2. The molecule has 0 bridgehead atoms. The van der Waals surface area contributed by atoms with E-state index in [9.17, 15) is 0 Å². The van der Waals surface area contributed by atoms with Gasteiger partial charge in [-0.25, -0.2) is 4.98 Å². The molecule has 6 nitrogen and oxygen atoms in total. The van der Waals surface area contributed by atoms with E-state index >= 15 is 0 Å². The van der Waals surface area contributed by atoms with Crippen LogP contribution < -0.4 is 10.5 Å². The van der Waals surface area contributed by atoms with E-state index in [1.807, 2.05) is 12.1 Å². The van der Waals surface area contributed by atoms with Gasteiger partial charge in [0.2, 0.25) is 5.88 Å². The number of aromatic nitrogens is 1. The number of pyridine rings is 1. The van der Waals surface area contributed by atoms with Crippen LogP contribution in [0.4, 0.5) is 0 Å².